The van der Waals surface area contributed by atoms with Crippen molar-refractivity contribution in [3.05, 3.63) is 11.6 Å². The summed E-state index contributed by atoms with van der Waals surface area (Å²) in [6.07, 6.45) is 1.11. The number of aliphatic hydroxyl groups is 1. The van der Waals surface area contributed by atoms with E-state index in [1.54, 1.807) is 13.8 Å². The number of carbonyl (C=O) groups is 3. The van der Waals surface area contributed by atoms with Gasteiger partial charge < -0.3 is 24.1 Å². The van der Waals surface area contributed by atoms with Crippen LogP contribution < -0.4 is 0 Å². The van der Waals surface area contributed by atoms with E-state index in [0.29, 0.717) is 12.8 Å². The van der Waals surface area contributed by atoms with Crippen molar-refractivity contribution in [1.29, 1.82) is 0 Å². The SMILES string of the molecule is CC(=O)O[C@H]1[C@H](C(C)C)[C@@H]2[C@@H]([C@H]3C/C(C)=C\CC[C@@](C)(O)[C@@H]2O3)[C@](C)(OC(C)=O)[C@H]1OC(C)=O. The Kier molecular flexibility index (Phi) is 7.54. The lowest BCUT2D eigenvalue weighted by atomic mass is 9.55. The molecule has 3 aliphatic rings. The molecule has 2 fully saturated rings. The summed E-state index contributed by atoms with van der Waals surface area (Å²) in [7, 11) is 0. The first kappa shape index (κ1) is 26.7. The zero-order valence-electron chi connectivity index (χ0n) is 21.6. The zero-order valence-corrected chi connectivity index (χ0v) is 21.6. The van der Waals surface area contributed by atoms with Gasteiger partial charge in [-0.2, -0.15) is 0 Å². The molecular weight excluding hydrogens is 440 g/mol. The maximum atomic E-state index is 12.4. The van der Waals surface area contributed by atoms with Crippen molar-refractivity contribution in [3.63, 3.8) is 0 Å². The first-order valence-corrected chi connectivity index (χ1v) is 12.3. The van der Waals surface area contributed by atoms with Crippen LogP contribution in [0.25, 0.3) is 0 Å². The van der Waals surface area contributed by atoms with Crippen LogP contribution in [-0.2, 0) is 33.3 Å². The second-order valence-corrected chi connectivity index (χ2v) is 11.1. The largest absolute Gasteiger partial charge is 0.458 e. The third-order valence-electron chi connectivity index (χ3n) is 7.84. The number of esters is 3. The highest BCUT2D eigenvalue weighted by atomic mass is 16.6. The van der Waals surface area contributed by atoms with Crippen LogP contribution in [0.5, 0.6) is 0 Å². The summed E-state index contributed by atoms with van der Waals surface area (Å²) in [5.41, 5.74) is -1.36. The van der Waals surface area contributed by atoms with Crippen molar-refractivity contribution < 1.29 is 38.4 Å². The van der Waals surface area contributed by atoms with Gasteiger partial charge in [0.2, 0.25) is 0 Å². The Morgan fingerprint density at radius 1 is 1.09 bits per heavy atom. The minimum Gasteiger partial charge on any atom is -0.458 e. The summed E-state index contributed by atoms with van der Waals surface area (Å²) in [4.78, 5) is 36.9. The molecule has 2 aliphatic heterocycles. The van der Waals surface area contributed by atoms with E-state index in [4.69, 9.17) is 18.9 Å². The molecule has 2 bridgehead atoms. The summed E-state index contributed by atoms with van der Waals surface area (Å²) in [5, 5.41) is 11.6. The van der Waals surface area contributed by atoms with Crippen molar-refractivity contribution in [2.24, 2.45) is 23.7 Å². The average Bonchev–Trinajstić information content (AvgIpc) is 3.05. The van der Waals surface area contributed by atoms with Gasteiger partial charge in [0, 0.05) is 38.5 Å². The number of fused-ring (bicyclic) bond motifs is 5. The van der Waals surface area contributed by atoms with Crippen molar-refractivity contribution in [2.75, 3.05) is 0 Å². The number of allylic oxidation sites excluding steroid dienone is 1. The Hall–Kier alpha value is -1.93. The topological polar surface area (TPSA) is 108 Å². The molecule has 1 saturated carbocycles. The molecule has 0 radical (unpaired) electrons. The van der Waals surface area contributed by atoms with Gasteiger partial charge in [-0.1, -0.05) is 25.5 Å². The highest BCUT2D eigenvalue weighted by molar-refractivity contribution is 5.69. The standard InChI is InChI=1S/C26H40O8/c1-13(2)19-20-21(18-12-14(3)10-9-11-25(7,30)23(20)33-18)26(8,34-17(6)29)24(32-16(5)28)22(19)31-15(4)27/h10,13,18-24,30H,9,11-12H2,1-8H3/b14-10-/t18-,19-,20-,21-,22+,23-,24+,25-,26+/m1/s1. The normalized spacial score (nSPS) is 43.5. The smallest absolute Gasteiger partial charge is 0.303 e. The van der Waals surface area contributed by atoms with E-state index in [0.717, 1.165) is 12.0 Å². The van der Waals surface area contributed by atoms with E-state index in [1.807, 2.05) is 20.8 Å². The van der Waals surface area contributed by atoms with E-state index in [9.17, 15) is 19.5 Å². The van der Waals surface area contributed by atoms with Crippen molar-refractivity contribution in [2.45, 2.75) is 110 Å². The Balaban J connectivity index is 2.28. The maximum absolute atomic E-state index is 12.4. The second-order valence-electron chi connectivity index (χ2n) is 11.1. The fraction of sp³-hybridized carbons (Fsp3) is 0.808. The van der Waals surface area contributed by atoms with Gasteiger partial charge in [0.1, 0.15) is 6.10 Å². The van der Waals surface area contributed by atoms with Gasteiger partial charge in [-0.3, -0.25) is 14.4 Å². The van der Waals surface area contributed by atoms with Gasteiger partial charge >= 0.3 is 17.9 Å². The molecular formula is C26H40O8. The highest BCUT2D eigenvalue weighted by Crippen LogP contribution is 2.58. The number of carbonyl (C=O) groups excluding carboxylic acids is 3. The molecule has 1 saturated heterocycles. The van der Waals surface area contributed by atoms with E-state index in [2.05, 4.69) is 6.08 Å². The first-order valence-electron chi connectivity index (χ1n) is 12.3. The molecule has 8 heteroatoms. The molecule has 192 valence electrons. The van der Waals surface area contributed by atoms with Crippen molar-refractivity contribution in [1.82, 2.24) is 0 Å². The quantitative estimate of drug-likeness (QED) is 0.371. The minimum atomic E-state index is -1.33. The Morgan fingerprint density at radius 2 is 1.71 bits per heavy atom. The molecule has 0 aromatic rings. The lowest BCUT2D eigenvalue weighted by Gasteiger charge is -2.55. The van der Waals surface area contributed by atoms with Crippen LogP contribution >= 0.6 is 0 Å². The summed E-state index contributed by atoms with van der Waals surface area (Å²) in [6.45, 7) is 13.5. The highest BCUT2D eigenvalue weighted by Gasteiger charge is 2.70. The van der Waals surface area contributed by atoms with Crippen LogP contribution in [0.3, 0.4) is 0 Å². The third-order valence-corrected chi connectivity index (χ3v) is 7.84. The van der Waals surface area contributed by atoms with Crippen molar-refractivity contribution >= 4 is 17.9 Å². The molecule has 8 nitrogen and oxygen atoms in total. The number of rotatable bonds is 4. The van der Waals surface area contributed by atoms with Crippen LogP contribution in [0, 0.1) is 23.7 Å². The molecule has 34 heavy (non-hydrogen) atoms. The maximum Gasteiger partial charge on any atom is 0.303 e. The third kappa shape index (κ3) is 4.89. The van der Waals surface area contributed by atoms with Crippen LogP contribution in [0.2, 0.25) is 0 Å². The number of ether oxygens (including phenoxy) is 4. The van der Waals surface area contributed by atoms with E-state index >= 15 is 0 Å². The fourth-order valence-electron chi connectivity index (χ4n) is 6.77. The molecule has 0 aromatic heterocycles. The predicted molar refractivity (Wildman–Crippen MR) is 123 cm³/mol. The molecule has 0 amide bonds. The molecule has 3 rings (SSSR count). The van der Waals surface area contributed by atoms with E-state index < -0.39 is 53.3 Å². The molecule has 1 N–H and O–H groups in total. The summed E-state index contributed by atoms with van der Waals surface area (Å²) < 4.78 is 24.2. The summed E-state index contributed by atoms with van der Waals surface area (Å²) in [5.74, 6) is -2.60. The summed E-state index contributed by atoms with van der Waals surface area (Å²) >= 11 is 0. The Labute approximate surface area is 202 Å². The van der Waals surface area contributed by atoms with Gasteiger partial charge in [-0.25, -0.2) is 0 Å². The molecule has 9 atom stereocenters. The Morgan fingerprint density at radius 3 is 2.24 bits per heavy atom. The van der Waals surface area contributed by atoms with Crippen LogP contribution in [-0.4, -0.2) is 58.6 Å². The average molecular weight is 481 g/mol. The van der Waals surface area contributed by atoms with Crippen LogP contribution in [0.15, 0.2) is 11.6 Å². The lowest BCUT2D eigenvalue weighted by molar-refractivity contribution is -0.248. The van der Waals surface area contributed by atoms with Crippen molar-refractivity contribution in [3.8, 4) is 0 Å². The number of hydrogen-bond acceptors (Lipinski definition) is 8. The number of hydrogen-bond donors (Lipinski definition) is 1. The minimum absolute atomic E-state index is 0.00276. The summed E-state index contributed by atoms with van der Waals surface area (Å²) in [6, 6.07) is 0. The Bertz CT molecular complexity index is 846. The second kappa shape index (κ2) is 9.61. The molecule has 0 unspecified atom stereocenters. The lowest BCUT2D eigenvalue weighted by Crippen LogP contribution is -2.69. The fourth-order valence-corrected chi connectivity index (χ4v) is 6.77. The van der Waals surface area contributed by atoms with Gasteiger partial charge in [0.25, 0.3) is 0 Å². The van der Waals surface area contributed by atoms with Crippen LogP contribution in [0.4, 0.5) is 0 Å². The van der Waals surface area contributed by atoms with Gasteiger partial charge in [0.15, 0.2) is 11.7 Å². The molecule has 0 spiro atoms. The molecule has 0 aromatic carbocycles. The monoisotopic (exact) mass is 480 g/mol. The predicted octanol–water partition coefficient (Wildman–Crippen LogP) is 3.34. The van der Waals surface area contributed by atoms with Crippen LogP contribution in [0.1, 0.15) is 74.7 Å². The van der Waals surface area contributed by atoms with Gasteiger partial charge in [0.05, 0.1) is 17.8 Å². The first-order chi connectivity index (χ1) is 15.7. The van der Waals surface area contributed by atoms with Gasteiger partial charge in [-0.15, -0.1) is 0 Å². The zero-order chi connectivity index (χ0) is 25.6. The van der Waals surface area contributed by atoms with E-state index in [-0.39, 0.29) is 23.9 Å². The van der Waals surface area contributed by atoms with Gasteiger partial charge in [-0.05, 0) is 46.0 Å². The van der Waals surface area contributed by atoms with E-state index in [1.165, 1.54) is 20.8 Å². The molecule has 1 aliphatic carbocycles. The molecule has 2 heterocycles.